The van der Waals surface area contributed by atoms with Crippen molar-refractivity contribution in [3.05, 3.63) is 59.9 Å². The first-order valence-electron chi connectivity index (χ1n) is 9.17. The van der Waals surface area contributed by atoms with E-state index in [0.717, 1.165) is 18.4 Å². The van der Waals surface area contributed by atoms with Crippen LogP contribution in [0.1, 0.15) is 29.2 Å². The fourth-order valence-electron chi connectivity index (χ4n) is 3.19. The van der Waals surface area contributed by atoms with E-state index in [2.05, 4.69) is 10.3 Å². The molecule has 1 aliphatic rings. The second-order valence-corrected chi connectivity index (χ2v) is 8.97. The quantitative estimate of drug-likeness (QED) is 0.769. The predicted octanol–water partition coefficient (Wildman–Crippen LogP) is 1.64. The molecule has 1 fully saturated rings. The first-order valence-corrected chi connectivity index (χ1v) is 10.7. The molecule has 1 atom stereocenters. The van der Waals surface area contributed by atoms with Crippen molar-refractivity contribution in [2.24, 2.45) is 0 Å². The highest BCUT2D eigenvalue weighted by Gasteiger charge is 2.31. The third-order valence-electron chi connectivity index (χ3n) is 4.82. The largest absolute Gasteiger partial charge is 0.346 e. The summed E-state index contributed by atoms with van der Waals surface area (Å²) in [6.07, 6.45) is 4.76. The number of nitrogens with one attached hydrogen (secondary N) is 1. The van der Waals surface area contributed by atoms with E-state index in [1.165, 1.54) is 11.1 Å². The average Bonchev–Trinajstić information content (AvgIpc) is 3.23. The maximum atomic E-state index is 13.2. The summed E-state index contributed by atoms with van der Waals surface area (Å²) >= 11 is 0. The number of likely N-dealkylation sites (tertiary alicyclic amines) is 1. The Morgan fingerprint density at radius 3 is 2.43 bits per heavy atom. The van der Waals surface area contributed by atoms with Crippen molar-refractivity contribution in [1.29, 1.82) is 0 Å². The standard InChI is InChI=1S/C20H23N3O4S/c1-15-6-8-17(9-7-15)28(26,27)18(16-5-4-10-21-13-16)14-22-19(24)20(25)23-11-2-3-12-23/h4-10,13,18H,2-3,11-12,14H2,1H3,(H,22,24)/t18-/m1/s1. The number of nitrogens with zero attached hydrogens (tertiary/aromatic N) is 2. The Kier molecular flexibility index (Phi) is 6.08. The minimum atomic E-state index is -3.79. The van der Waals surface area contributed by atoms with Crippen LogP contribution in [0, 0.1) is 6.92 Å². The lowest BCUT2D eigenvalue weighted by Gasteiger charge is -2.20. The van der Waals surface area contributed by atoms with E-state index in [9.17, 15) is 18.0 Å². The third-order valence-corrected chi connectivity index (χ3v) is 6.93. The molecule has 0 unspecified atom stereocenters. The van der Waals surface area contributed by atoms with Gasteiger partial charge in [-0.05, 0) is 43.5 Å². The Morgan fingerprint density at radius 2 is 1.82 bits per heavy atom. The number of hydrogen-bond acceptors (Lipinski definition) is 5. The van der Waals surface area contributed by atoms with Crippen LogP contribution in [0.15, 0.2) is 53.7 Å². The number of sulfone groups is 1. The number of rotatable bonds is 5. The van der Waals surface area contributed by atoms with Crippen LogP contribution in [0.4, 0.5) is 0 Å². The van der Waals surface area contributed by atoms with Crippen LogP contribution in [0.25, 0.3) is 0 Å². The number of carbonyl (C=O) groups excluding carboxylic acids is 2. The zero-order chi connectivity index (χ0) is 20.1. The highest BCUT2D eigenvalue weighted by atomic mass is 32.2. The van der Waals surface area contributed by atoms with Gasteiger partial charge in [-0.2, -0.15) is 0 Å². The van der Waals surface area contributed by atoms with E-state index in [1.807, 2.05) is 6.92 Å². The summed E-state index contributed by atoms with van der Waals surface area (Å²) in [5.41, 5.74) is 1.40. The summed E-state index contributed by atoms with van der Waals surface area (Å²) in [5, 5.41) is 1.47. The Morgan fingerprint density at radius 1 is 1.14 bits per heavy atom. The molecule has 8 heteroatoms. The molecule has 2 amide bonds. The normalized spacial score (nSPS) is 15.2. The second-order valence-electron chi connectivity index (χ2n) is 6.84. The Bertz CT molecular complexity index is 937. The Labute approximate surface area is 164 Å². The smallest absolute Gasteiger partial charge is 0.311 e. The maximum absolute atomic E-state index is 13.2. The molecule has 0 aliphatic carbocycles. The molecule has 0 bridgehead atoms. The fourth-order valence-corrected chi connectivity index (χ4v) is 4.83. The van der Waals surface area contributed by atoms with E-state index >= 15 is 0 Å². The summed E-state index contributed by atoms with van der Waals surface area (Å²) in [6, 6.07) is 9.84. The molecule has 1 aliphatic heterocycles. The van der Waals surface area contributed by atoms with Gasteiger partial charge in [-0.1, -0.05) is 23.8 Å². The lowest BCUT2D eigenvalue weighted by molar-refractivity contribution is -0.145. The molecule has 0 spiro atoms. The predicted molar refractivity (Wildman–Crippen MR) is 104 cm³/mol. The molecule has 3 rings (SSSR count). The van der Waals surface area contributed by atoms with Crippen LogP contribution in [0.2, 0.25) is 0 Å². The highest BCUT2D eigenvalue weighted by Crippen LogP contribution is 2.28. The highest BCUT2D eigenvalue weighted by molar-refractivity contribution is 7.91. The van der Waals surface area contributed by atoms with E-state index in [-0.39, 0.29) is 11.4 Å². The molecule has 148 valence electrons. The first kappa shape index (κ1) is 20.0. The van der Waals surface area contributed by atoms with Gasteiger partial charge in [0.15, 0.2) is 9.84 Å². The van der Waals surface area contributed by atoms with Gasteiger partial charge >= 0.3 is 11.8 Å². The van der Waals surface area contributed by atoms with Gasteiger partial charge in [0.1, 0.15) is 5.25 Å². The molecule has 2 heterocycles. The summed E-state index contributed by atoms with van der Waals surface area (Å²) in [5.74, 6) is -1.40. The van der Waals surface area contributed by atoms with Gasteiger partial charge < -0.3 is 10.2 Å². The maximum Gasteiger partial charge on any atom is 0.311 e. The number of carbonyl (C=O) groups is 2. The van der Waals surface area contributed by atoms with Gasteiger partial charge in [-0.15, -0.1) is 0 Å². The topological polar surface area (TPSA) is 96.4 Å². The number of pyridine rings is 1. The van der Waals surface area contributed by atoms with Gasteiger partial charge in [0, 0.05) is 32.0 Å². The molecule has 2 aromatic rings. The van der Waals surface area contributed by atoms with E-state index < -0.39 is 26.9 Å². The van der Waals surface area contributed by atoms with Crippen LogP contribution in [0.5, 0.6) is 0 Å². The zero-order valence-electron chi connectivity index (χ0n) is 15.7. The van der Waals surface area contributed by atoms with Gasteiger partial charge in [0.05, 0.1) is 4.90 Å². The molecular weight excluding hydrogens is 378 g/mol. The van der Waals surface area contributed by atoms with Crippen molar-refractivity contribution in [2.75, 3.05) is 19.6 Å². The molecule has 1 saturated heterocycles. The summed E-state index contributed by atoms with van der Waals surface area (Å²) in [6.45, 7) is 2.78. The molecule has 1 N–H and O–H groups in total. The third kappa shape index (κ3) is 4.39. The van der Waals surface area contributed by atoms with Crippen molar-refractivity contribution in [3.63, 3.8) is 0 Å². The molecule has 1 aromatic heterocycles. The van der Waals surface area contributed by atoms with Crippen molar-refractivity contribution in [3.8, 4) is 0 Å². The van der Waals surface area contributed by atoms with E-state index in [0.29, 0.717) is 18.7 Å². The van der Waals surface area contributed by atoms with Crippen molar-refractivity contribution in [2.45, 2.75) is 29.9 Å². The molecular formula is C20H23N3O4S. The minimum absolute atomic E-state index is 0.159. The van der Waals surface area contributed by atoms with Crippen LogP contribution >= 0.6 is 0 Å². The number of aryl methyl sites for hydroxylation is 1. The van der Waals surface area contributed by atoms with Gasteiger partial charge in [0.25, 0.3) is 0 Å². The van der Waals surface area contributed by atoms with Crippen LogP contribution in [-0.4, -0.2) is 49.8 Å². The first-order chi connectivity index (χ1) is 13.4. The molecule has 0 saturated carbocycles. The lowest BCUT2D eigenvalue weighted by atomic mass is 10.2. The minimum Gasteiger partial charge on any atom is -0.346 e. The van der Waals surface area contributed by atoms with Gasteiger partial charge in [0.2, 0.25) is 0 Å². The molecule has 1 aromatic carbocycles. The van der Waals surface area contributed by atoms with Crippen LogP contribution < -0.4 is 5.32 Å². The SMILES string of the molecule is Cc1ccc(S(=O)(=O)[C@H](CNC(=O)C(=O)N2CCCC2)c2cccnc2)cc1. The molecule has 28 heavy (non-hydrogen) atoms. The average molecular weight is 401 g/mol. The number of benzene rings is 1. The van der Waals surface area contributed by atoms with E-state index in [1.54, 1.807) is 42.6 Å². The van der Waals surface area contributed by atoms with Gasteiger partial charge in [-0.25, -0.2) is 8.42 Å². The lowest BCUT2D eigenvalue weighted by Crippen LogP contribution is -2.43. The molecule has 7 nitrogen and oxygen atoms in total. The summed E-state index contributed by atoms with van der Waals surface area (Å²) in [7, 11) is -3.79. The zero-order valence-corrected chi connectivity index (χ0v) is 16.5. The summed E-state index contributed by atoms with van der Waals surface area (Å²) in [4.78, 5) is 30.1. The number of amides is 2. The van der Waals surface area contributed by atoms with Crippen molar-refractivity contribution < 1.29 is 18.0 Å². The van der Waals surface area contributed by atoms with Gasteiger partial charge in [-0.3, -0.25) is 14.6 Å². The van der Waals surface area contributed by atoms with Crippen molar-refractivity contribution in [1.82, 2.24) is 15.2 Å². The Hall–Kier alpha value is -2.74. The van der Waals surface area contributed by atoms with Crippen molar-refractivity contribution >= 4 is 21.7 Å². The number of hydrogen-bond donors (Lipinski definition) is 1. The number of aromatic nitrogens is 1. The molecule has 0 radical (unpaired) electrons. The van der Waals surface area contributed by atoms with E-state index in [4.69, 9.17) is 0 Å². The summed E-state index contributed by atoms with van der Waals surface area (Å²) < 4.78 is 26.4. The fraction of sp³-hybridized carbons (Fsp3) is 0.350. The Balaban J connectivity index is 1.82. The van der Waals surface area contributed by atoms with Crippen LogP contribution in [0.3, 0.4) is 0 Å². The van der Waals surface area contributed by atoms with Crippen LogP contribution in [-0.2, 0) is 19.4 Å². The monoisotopic (exact) mass is 401 g/mol. The second kappa shape index (κ2) is 8.52.